The second-order valence-electron chi connectivity index (χ2n) is 12.9. The molecule has 1 unspecified atom stereocenters. The number of rotatable bonds is 6. The minimum Gasteiger partial charge on any atom is -0.393 e. The molecule has 0 bridgehead atoms. The van der Waals surface area contributed by atoms with Gasteiger partial charge in [-0.25, -0.2) is 0 Å². The molecule has 30 heavy (non-hydrogen) atoms. The Morgan fingerprint density at radius 2 is 1.83 bits per heavy atom. The Hall–Kier alpha value is -0.300. The molecular weight excluding hydrogens is 364 g/mol. The topological polar surface area (TPSA) is 20.2 Å². The molecule has 0 aromatic rings. The Bertz CT molecular complexity index is 634. The molecular formula is C29H50O. The van der Waals surface area contributed by atoms with Gasteiger partial charge in [-0.2, -0.15) is 0 Å². The fourth-order valence-corrected chi connectivity index (χ4v) is 9.42. The van der Waals surface area contributed by atoms with Gasteiger partial charge in [0.2, 0.25) is 0 Å². The van der Waals surface area contributed by atoms with Crippen LogP contribution in [0.15, 0.2) is 11.6 Å². The van der Waals surface area contributed by atoms with E-state index in [0.29, 0.717) is 10.8 Å². The van der Waals surface area contributed by atoms with Crippen molar-refractivity contribution in [1.82, 2.24) is 0 Å². The molecule has 0 saturated heterocycles. The molecule has 172 valence electrons. The van der Waals surface area contributed by atoms with Gasteiger partial charge in [-0.3, -0.25) is 0 Å². The molecule has 1 N–H and O–H groups in total. The van der Waals surface area contributed by atoms with E-state index in [1.165, 1.54) is 57.8 Å². The van der Waals surface area contributed by atoms with Crippen molar-refractivity contribution in [2.75, 3.05) is 0 Å². The molecule has 3 saturated carbocycles. The predicted octanol–water partition coefficient (Wildman–Crippen LogP) is 8.02. The number of hydrogen-bond donors (Lipinski definition) is 1. The van der Waals surface area contributed by atoms with Gasteiger partial charge in [0.1, 0.15) is 0 Å². The lowest BCUT2D eigenvalue weighted by atomic mass is 9.47. The highest BCUT2D eigenvalue weighted by Crippen LogP contribution is 2.68. The summed E-state index contributed by atoms with van der Waals surface area (Å²) in [6, 6.07) is 0. The summed E-state index contributed by atoms with van der Waals surface area (Å²) in [5.74, 6) is 6.31. The zero-order valence-corrected chi connectivity index (χ0v) is 20.9. The van der Waals surface area contributed by atoms with E-state index in [4.69, 9.17) is 0 Å². The van der Waals surface area contributed by atoms with Crippen molar-refractivity contribution in [3.63, 3.8) is 0 Å². The lowest BCUT2D eigenvalue weighted by Gasteiger charge is -2.58. The van der Waals surface area contributed by atoms with Gasteiger partial charge < -0.3 is 5.11 Å². The molecule has 0 heterocycles. The quantitative estimate of drug-likeness (QED) is 0.436. The lowest BCUT2D eigenvalue weighted by Crippen LogP contribution is -2.50. The van der Waals surface area contributed by atoms with E-state index in [2.05, 4.69) is 47.6 Å². The third-order valence-corrected chi connectivity index (χ3v) is 10.9. The van der Waals surface area contributed by atoms with E-state index in [1.807, 2.05) is 0 Å². The van der Waals surface area contributed by atoms with Crippen LogP contribution in [-0.4, -0.2) is 11.2 Å². The largest absolute Gasteiger partial charge is 0.393 e. The Morgan fingerprint density at radius 1 is 1.07 bits per heavy atom. The lowest BCUT2D eigenvalue weighted by molar-refractivity contribution is -0.0589. The highest BCUT2D eigenvalue weighted by molar-refractivity contribution is 5.25. The van der Waals surface area contributed by atoms with Gasteiger partial charge in [-0.05, 0) is 97.2 Å². The Kier molecular flexibility index (Phi) is 6.53. The van der Waals surface area contributed by atoms with E-state index in [-0.39, 0.29) is 6.10 Å². The maximum atomic E-state index is 10.3. The fourth-order valence-electron chi connectivity index (χ4n) is 9.42. The minimum atomic E-state index is -0.0817. The zero-order valence-electron chi connectivity index (χ0n) is 20.9. The van der Waals surface area contributed by atoms with Crippen molar-refractivity contribution in [2.24, 2.45) is 52.3 Å². The summed E-state index contributed by atoms with van der Waals surface area (Å²) in [4.78, 5) is 0. The Morgan fingerprint density at radius 3 is 2.53 bits per heavy atom. The third-order valence-electron chi connectivity index (χ3n) is 10.9. The van der Waals surface area contributed by atoms with E-state index in [1.54, 1.807) is 5.57 Å². The molecule has 0 radical (unpaired) electrons. The van der Waals surface area contributed by atoms with Gasteiger partial charge >= 0.3 is 0 Å². The Labute approximate surface area is 187 Å². The normalized spacial score (nSPS) is 46.7. The van der Waals surface area contributed by atoms with E-state index in [9.17, 15) is 5.11 Å². The Balaban J connectivity index is 1.56. The summed E-state index contributed by atoms with van der Waals surface area (Å²) >= 11 is 0. The van der Waals surface area contributed by atoms with E-state index < -0.39 is 0 Å². The van der Waals surface area contributed by atoms with Crippen molar-refractivity contribution < 1.29 is 5.11 Å². The van der Waals surface area contributed by atoms with Gasteiger partial charge in [0.15, 0.2) is 0 Å². The molecule has 0 aromatic heterocycles. The van der Waals surface area contributed by atoms with Crippen molar-refractivity contribution >= 4 is 0 Å². The van der Waals surface area contributed by atoms with Crippen LogP contribution in [0.4, 0.5) is 0 Å². The van der Waals surface area contributed by atoms with E-state index >= 15 is 0 Å². The first kappa shape index (κ1) is 22.9. The monoisotopic (exact) mass is 414 g/mol. The summed E-state index contributed by atoms with van der Waals surface area (Å²) in [6.45, 7) is 15.1. The van der Waals surface area contributed by atoms with Crippen LogP contribution in [0.3, 0.4) is 0 Å². The molecule has 4 rings (SSSR count). The molecule has 4 aliphatic rings. The first-order valence-corrected chi connectivity index (χ1v) is 13.6. The molecule has 1 nitrogen and oxygen atoms in total. The minimum absolute atomic E-state index is 0.0817. The first-order chi connectivity index (χ1) is 14.2. The number of aliphatic hydroxyl groups is 1. The summed E-state index contributed by atoms with van der Waals surface area (Å²) in [5, 5.41) is 10.3. The van der Waals surface area contributed by atoms with Gasteiger partial charge in [0.25, 0.3) is 0 Å². The smallest absolute Gasteiger partial charge is 0.0577 e. The number of fused-ring (bicyclic) bond motifs is 5. The number of aliphatic hydroxyl groups excluding tert-OH is 1. The van der Waals surface area contributed by atoms with Crippen molar-refractivity contribution in [1.29, 1.82) is 0 Å². The second-order valence-corrected chi connectivity index (χ2v) is 12.9. The molecule has 0 spiro atoms. The maximum absolute atomic E-state index is 10.3. The standard InChI is InChI=1S/C29H50O/c1-7-21-17-26-24-12-11-22-18-23(30)13-15-28(22,5)25(24)14-16-29(26,6)27(21)20(4)10-8-9-19(2)3/h11,19-21,23-27,30H,7-10,12-18H2,1-6H3/t20-,21?,23+,24-,25+,26+,27+,28+,29+/m1/s1. The fraction of sp³-hybridized carbons (Fsp3) is 0.931. The van der Waals surface area contributed by atoms with Crippen molar-refractivity contribution in [2.45, 2.75) is 118 Å². The summed E-state index contributed by atoms with van der Waals surface area (Å²) in [7, 11) is 0. The molecule has 0 aliphatic heterocycles. The number of allylic oxidation sites excluding steroid dienone is 1. The van der Waals surface area contributed by atoms with Crippen LogP contribution in [0.5, 0.6) is 0 Å². The van der Waals surface area contributed by atoms with Crippen LogP contribution in [-0.2, 0) is 0 Å². The van der Waals surface area contributed by atoms with Gasteiger partial charge in [0.05, 0.1) is 6.10 Å². The maximum Gasteiger partial charge on any atom is 0.0577 e. The predicted molar refractivity (Wildman–Crippen MR) is 128 cm³/mol. The average molecular weight is 415 g/mol. The van der Waals surface area contributed by atoms with Gasteiger partial charge in [-0.15, -0.1) is 0 Å². The second kappa shape index (κ2) is 8.57. The highest BCUT2D eigenvalue weighted by atomic mass is 16.3. The van der Waals surface area contributed by atoms with Crippen LogP contribution < -0.4 is 0 Å². The molecule has 0 aromatic carbocycles. The van der Waals surface area contributed by atoms with Gasteiger partial charge in [0, 0.05) is 0 Å². The van der Waals surface area contributed by atoms with Gasteiger partial charge in [-0.1, -0.05) is 78.9 Å². The highest BCUT2D eigenvalue weighted by Gasteiger charge is 2.61. The summed E-state index contributed by atoms with van der Waals surface area (Å²) < 4.78 is 0. The van der Waals surface area contributed by atoms with Crippen molar-refractivity contribution in [3.05, 3.63) is 11.6 Å². The van der Waals surface area contributed by atoms with Crippen molar-refractivity contribution in [3.8, 4) is 0 Å². The zero-order chi connectivity index (χ0) is 21.7. The third kappa shape index (κ3) is 3.74. The van der Waals surface area contributed by atoms with Crippen LogP contribution in [0.1, 0.15) is 112 Å². The molecule has 9 atom stereocenters. The molecule has 3 fully saturated rings. The van der Waals surface area contributed by atoms with Crippen LogP contribution in [0, 0.1) is 52.3 Å². The summed E-state index contributed by atoms with van der Waals surface area (Å²) in [6.07, 6.45) is 17.1. The molecule has 0 amide bonds. The average Bonchev–Trinajstić information content (AvgIpc) is 3.00. The first-order valence-electron chi connectivity index (χ1n) is 13.6. The number of hydrogen-bond acceptors (Lipinski definition) is 1. The molecule has 4 aliphatic carbocycles. The van der Waals surface area contributed by atoms with E-state index in [0.717, 1.165) is 54.3 Å². The summed E-state index contributed by atoms with van der Waals surface area (Å²) in [5.41, 5.74) is 2.57. The van der Waals surface area contributed by atoms with Crippen LogP contribution in [0.2, 0.25) is 0 Å². The van der Waals surface area contributed by atoms with Crippen LogP contribution >= 0.6 is 0 Å². The molecule has 1 heteroatoms. The van der Waals surface area contributed by atoms with Crippen LogP contribution in [0.25, 0.3) is 0 Å². The SMILES string of the molecule is CCC1C[C@H]2[C@@H]3CC=C4C[C@@H](O)CC[C@]4(C)[C@H]3CC[C@]2(C)[C@H]1[C@H](C)CCCC(C)C.